The van der Waals surface area contributed by atoms with Gasteiger partial charge in [-0.15, -0.1) is 0 Å². The van der Waals surface area contributed by atoms with Crippen molar-refractivity contribution in [3.05, 3.63) is 212 Å². The number of hydrogen-bond acceptors (Lipinski definition) is 5. The van der Waals surface area contributed by atoms with E-state index in [9.17, 15) is 0 Å². The summed E-state index contributed by atoms with van der Waals surface area (Å²) in [4.78, 5) is 21.2. The summed E-state index contributed by atoms with van der Waals surface area (Å²) in [6, 6.07) is 73.3. The van der Waals surface area contributed by atoms with E-state index in [1.54, 1.807) is 0 Å². The van der Waals surface area contributed by atoms with Crippen LogP contribution in [0, 0.1) is 0 Å². The van der Waals surface area contributed by atoms with Gasteiger partial charge >= 0.3 is 0 Å². The lowest BCUT2D eigenvalue weighted by Gasteiger charge is -2.16. The predicted octanol–water partition coefficient (Wildman–Crippen LogP) is 14.3. The Morgan fingerprint density at radius 1 is 0.323 bits per heavy atom. The van der Waals surface area contributed by atoms with Crippen LogP contribution in [0.4, 0.5) is 0 Å². The van der Waals surface area contributed by atoms with Crippen LogP contribution < -0.4 is 0 Å². The molecular formula is C56H35N5O. The number of hydrogen-bond donors (Lipinski definition) is 0. The van der Waals surface area contributed by atoms with Gasteiger partial charge in [0.2, 0.25) is 0 Å². The maximum atomic E-state index is 6.43. The second-order valence-electron chi connectivity index (χ2n) is 15.4. The maximum absolute atomic E-state index is 6.43. The molecule has 4 heterocycles. The van der Waals surface area contributed by atoms with Crippen molar-refractivity contribution in [3.63, 3.8) is 0 Å². The molecular weight excluding hydrogens is 759 g/mol. The highest BCUT2D eigenvalue weighted by atomic mass is 16.3. The van der Waals surface area contributed by atoms with Crippen molar-refractivity contribution < 1.29 is 4.42 Å². The Morgan fingerprint density at radius 3 is 1.47 bits per heavy atom. The molecule has 6 heteroatoms. The molecule has 290 valence electrons. The average Bonchev–Trinajstić information content (AvgIpc) is 3.90. The van der Waals surface area contributed by atoms with Crippen LogP contribution in [0.5, 0.6) is 0 Å². The molecule has 0 amide bonds. The third-order valence-corrected chi connectivity index (χ3v) is 11.6. The van der Waals surface area contributed by atoms with E-state index in [4.69, 9.17) is 24.4 Å². The predicted molar refractivity (Wildman–Crippen MR) is 252 cm³/mol. The zero-order valence-electron chi connectivity index (χ0n) is 33.4. The fourth-order valence-corrected chi connectivity index (χ4v) is 8.78. The highest BCUT2D eigenvalue weighted by molar-refractivity contribution is 6.27. The number of para-hydroxylation sites is 2. The Bertz CT molecular complexity index is 3500. The fraction of sp³-hybridized carbons (Fsp3) is 0. The van der Waals surface area contributed by atoms with E-state index in [0.717, 1.165) is 94.1 Å². The number of benzene rings is 8. The standard InChI is InChI=1S/C56H35N5O/c1-5-17-36(18-6-1)40-33-41(37-19-7-2-8-20-37)35-42(34-40)45-29-30-48(53(57-45)56-59-54(38-21-9-3-10-22-38)58-55(60-56)39-23-11-4-12-24-39)61-46-27-15-13-25-43(46)51-47(61)31-32-50-52(51)44-26-14-16-28-49(44)62-50/h1-35H. The fourth-order valence-electron chi connectivity index (χ4n) is 8.78. The number of pyridine rings is 1. The third-order valence-electron chi connectivity index (χ3n) is 11.6. The molecule has 0 radical (unpaired) electrons. The normalized spacial score (nSPS) is 11.5. The topological polar surface area (TPSA) is 69.6 Å². The van der Waals surface area contributed by atoms with Gasteiger partial charge in [0.25, 0.3) is 0 Å². The van der Waals surface area contributed by atoms with Crippen molar-refractivity contribution in [2.24, 2.45) is 0 Å². The Morgan fingerprint density at radius 2 is 0.839 bits per heavy atom. The number of fused-ring (bicyclic) bond motifs is 7. The highest BCUT2D eigenvalue weighted by Gasteiger charge is 2.24. The minimum Gasteiger partial charge on any atom is -0.456 e. The second-order valence-corrected chi connectivity index (χ2v) is 15.4. The Labute approximate surface area is 357 Å². The van der Waals surface area contributed by atoms with Gasteiger partial charge in [-0.05, 0) is 76.9 Å². The molecule has 6 nitrogen and oxygen atoms in total. The van der Waals surface area contributed by atoms with E-state index in [0.29, 0.717) is 23.2 Å². The molecule has 0 aliphatic carbocycles. The Hall–Kier alpha value is -8.48. The van der Waals surface area contributed by atoms with Gasteiger partial charge in [-0.1, -0.05) is 158 Å². The lowest BCUT2D eigenvalue weighted by Crippen LogP contribution is -2.06. The molecule has 0 saturated heterocycles. The van der Waals surface area contributed by atoms with Crippen LogP contribution >= 0.6 is 0 Å². The summed E-state index contributed by atoms with van der Waals surface area (Å²) in [6.45, 7) is 0. The minimum atomic E-state index is 0.470. The van der Waals surface area contributed by atoms with Gasteiger partial charge in [0, 0.05) is 38.2 Å². The van der Waals surface area contributed by atoms with Crippen molar-refractivity contribution in [2.75, 3.05) is 0 Å². The summed E-state index contributed by atoms with van der Waals surface area (Å²) in [5.74, 6) is 1.61. The van der Waals surface area contributed by atoms with Crippen molar-refractivity contribution in [1.29, 1.82) is 0 Å². The van der Waals surface area contributed by atoms with Crippen molar-refractivity contribution in [1.82, 2.24) is 24.5 Å². The van der Waals surface area contributed by atoms with Crippen LogP contribution in [0.1, 0.15) is 0 Å². The highest BCUT2D eigenvalue weighted by Crippen LogP contribution is 2.43. The minimum absolute atomic E-state index is 0.470. The van der Waals surface area contributed by atoms with Gasteiger partial charge in [-0.25, -0.2) is 19.9 Å². The van der Waals surface area contributed by atoms with E-state index < -0.39 is 0 Å². The molecule has 62 heavy (non-hydrogen) atoms. The molecule has 12 aromatic rings. The molecule has 12 rings (SSSR count). The van der Waals surface area contributed by atoms with Gasteiger partial charge in [-0.2, -0.15) is 0 Å². The van der Waals surface area contributed by atoms with E-state index in [1.807, 2.05) is 72.8 Å². The largest absolute Gasteiger partial charge is 0.456 e. The summed E-state index contributed by atoms with van der Waals surface area (Å²) in [7, 11) is 0. The molecule has 0 N–H and O–H groups in total. The van der Waals surface area contributed by atoms with E-state index in [2.05, 4.69) is 144 Å². The molecule has 0 saturated carbocycles. The number of furan rings is 1. The first-order valence-corrected chi connectivity index (χ1v) is 20.7. The van der Waals surface area contributed by atoms with Gasteiger partial charge in [0.05, 0.1) is 22.4 Å². The summed E-state index contributed by atoms with van der Waals surface area (Å²) >= 11 is 0. The van der Waals surface area contributed by atoms with Crippen LogP contribution in [0.25, 0.3) is 117 Å². The summed E-state index contributed by atoms with van der Waals surface area (Å²) in [5, 5.41) is 4.40. The third kappa shape index (κ3) is 6.04. The van der Waals surface area contributed by atoms with E-state index in [1.165, 1.54) is 0 Å². The lowest BCUT2D eigenvalue weighted by atomic mass is 9.95. The number of nitrogens with zero attached hydrogens (tertiary/aromatic N) is 5. The van der Waals surface area contributed by atoms with Crippen LogP contribution in [0.2, 0.25) is 0 Å². The molecule has 8 aromatic carbocycles. The Balaban J connectivity index is 1.17. The monoisotopic (exact) mass is 793 g/mol. The average molecular weight is 794 g/mol. The molecule has 0 aliphatic heterocycles. The van der Waals surface area contributed by atoms with E-state index >= 15 is 0 Å². The zero-order chi connectivity index (χ0) is 41.0. The van der Waals surface area contributed by atoms with E-state index in [-0.39, 0.29) is 0 Å². The lowest BCUT2D eigenvalue weighted by molar-refractivity contribution is 0.669. The first-order valence-electron chi connectivity index (χ1n) is 20.7. The Kier molecular flexibility index (Phi) is 8.38. The summed E-state index contributed by atoms with van der Waals surface area (Å²) in [6.07, 6.45) is 0. The van der Waals surface area contributed by atoms with Crippen LogP contribution in [0.15, 0.2) is 217 Å². The second kappa shape index (κ2) is 14.7. The van der Waals surface area contributed by atoms with Gasteiger partial charge in [-0.3, -0.25) is 0 Å². The smallest absolute Gasteiger partial charge is 0.184 e. The van der Waals surface area contributed by atoms with Crippen LogP contribution in [0.3, 0.4) is 0 Å². The molecule has 4 aromatic heterocycles. The molecule has 0 atom stereocenters. The molecule has 0 unspecified atom stereocenters. The number of aromatic nitrogens is 5. The van der Waals surface area contributed by atoms with Crippen LogP contribution in [-0.2, 0) is 0 Å². The van der Waals surface area contributed by atoms with Crippen LogP contribution in [-0.4, -0.2) is 24.5 Å². The first kappa shape index (κ1) is 35.5. The molecule has 0 bridgehead atoms. The van der Waals surface area contributed by atoms with Gasteiger partial charge < -0.3 is 8.98 Å². The molecule has 0 aliphatic rings. The van der Waals surface area contributed by atoms with Crippen molar-refractivity contribution in [2.45, 2.75) is 0 Å². The number of rotatable bonds is 7. The molecule has 0 spiro atoms. The summed E-state index contributed by atoms with van der Waals surface area (Å²) in [5.41, 5.74) is 13.3. The molecule has 0 fully saturated rings. The van der Waals surface area contributed by atoms with Gasteiger partial charge in [0.15, 0.2) is 17.5 Å². The summed E-state index contributed by atoms with van der Waals surface area (Å²) < 4.78 is 8.73. The quantitative estimate of drug-likeness (QED) is 0.161. The zero-order valence-corrected chi connectivity index (χ0v) is 33.4. The van der Waals surface area contributed by atoms with Crippen molar-refractivity contribution >= 4 is 43.7 Å². The SMILES string of the molecule is c1ccc(-c2cc(-c3ccccc3)cc(-c3ccc(-n4c5ccccc5c5c6c(ccc54)oc4ccccc46)c(-c4nc(-c5ccccc5)nc(-c5ccccc5)n4)n3)c2)cc1. The first-order chi connectivity index (χ1) is 30.7. The van der Waals surface area contributed by atoms with Crippen molar-refractivity contribution in [3.8, 4) is 73.5 Å². The maximum Gasteiger partial charge on any atom is 0.184 e. The van der Waals surface area contributed by atoms with Gasteiger partial charge in [0.1, 0.15) is 16.9 Å².